The first-order valence-electron chi connectivity index (χ1n) is 9.45. The van der Waals surface area contributed by atoms with Gasteiger partial charge in [0.2, 0.25) is 0 Å². The molecule has 0 amide bonds. The molecule has 4 atom stereocenters. The first-order valence-corrected chi connectivity index (χ1v) is 9.45. The summed E-state index contributed by atoms with van der Waals surface area (Å²) in [6.45, 7) is 8.29. The maximum atomic E-state index is 3.74. The molecule has 0 aliphatic heterocycles. The van der Waals surface area contributed by atoms with Crippen LogP contribution in [0.2, 0.25) is 0 Å². The van der Waals surface area contributed by atoms with E-state index in [1.165, 1.54) is 70.8 Å². The summed E-state index contributed by atoms with van der Waals surface area (Å²) >= 11 is 0. The van der Waals surface area contributed by atoms with Gasteiger partial charge in [0, 0.05) is 6.04 Å². The number of nitrogens with one attached hydrogen (secondary N) is 1. The molecule has 20 heavy (non-hydrogen) atoms. The molecule has 0 aromatic carbocycles. The van der Waals surface area contributed by atoms with Gasteiger partial charge in [-0.05, 0) is 49.5 Å². The lowest BCUT2D eigenvalue weighted by atomic mass is 9.66. The standard InChI is InChI=1S/C19H37N/c1-4-16-10-8-9-13-18(16)19-12-7-5-6-11-17(19)14-20-15(2)3/h15-20H,4-14H2,1-3H3. The van der Waals surface area contributed by atoms with Crippen molar-refractivity contribution >= 4 is 0 Å². The smallest absolute Gasteiger partial charge is 0.00104 e. The van der Waals surface area contributed by atoms with Gasteiger partial charge in [-0.2, -0.15) is 0 Å². The number of rotatable bonds is 5. The highest BCUT2D eigenvalue weighted by atomic mass is 14.9. The van der Waals surface area contributed by atoms with Crippen molar-refractivity contribution in [1.82, 2.24) is 5.32 Å². The Hall–Kier alpha value is -0.0400. The van der Waals surface area contributed by atoms with Crippen molar-refractivity contribution in [3.8, 4) is 0 Å². The first-order chi connectivity index (χ1) is 9.72. The lowest BCUT2D eigenvalue weighted by Crippen LogP contribution is -2.37. The van der Waals surface area contributed by atoms with Crippen molar-refractivity contribution in [3.63, 3.8) is 0 Å². The SMILES string of the molecule is CCC1CCCCC1C1CCCCCC1CNC(C)C. The van der Waals surface area contributed by atoms with E-state index in [-0.39, 0.29) is 0 Å². The van der Waals surface area contributed by atoms with Crippen molar-refractivity contribution in [2.75, 3.05) is 6.54 Å². The van der Waals surface area contributed by atoms with Crippen molar-refractivity contribution in [1.29, 1.82) is 0 Å². The number of hydrogen-bond acceptors (Lipinski definition) is 1. The summed E-state index contributed by atoms with van der Waals surface area (Å²) in [5.41, 5.74) is 0. The van der Waals surface area contributed by atoms with Gasteiger partial charge in [-0.15, -0.1) is 0 Å². The van der Waals surface area contributed by atoms with Gasteiger partial charge in [-0.1, -0.05) is 65.7 Å². The average Bonchev–Trinajstić information content (AvgIpc) is 2.70. The van der Waals surface area contributed by atoms with Crippen LogP contribution in [0.4, 0.5) is 0 Å². The van der Waals surface area contributed by atoms with Gasteiger partial charge >= 0.3 is 0 Å². The number of hydrogen-bond donors (Lipinski definition) is 1. The van der Waals surface area contributed by atoms with Gasteiger partial charge in [-0.3, -0.25) is 0 Å². The van der Waals surface area contributed by atoms with Crippen LogP contribution in [0, 0.1) is 23.7 Å². The van der Waals surface area contributed by atoms with Crippen LogP contribution in [0.15, 0.2) is 0 Å². The van der Waals surface area contributed by atoms with Crippen molar-refractivity contribution in [3.05, 3.63) is 0 Å². The molecule has 4 unspecified atom stereocenters. The Morgan fingerprint density at radius 3 is 2.05 bits per heavy atom. The lowest BCUT2D eigenvalue weighted by Gasteiger charge is -2.40. The highest BCUT2D eigenvalue weighted by molar-refractivity contribution is 4.86. The van der Waals surface area contributed by atoms with E-state index in [2.05, 4.69) is 26.1 Å². The Kier molecular flexibility index (Phi) is 6.87. The summed E-state index contributed by atoms with van der Waals surface area (Å²) in [6.07, 6.45) is 14.9. The maximum Gasteiger partial charge on any atom is 0.00104 e. The molecule has 0 aromatic rings. The molecule has 2 aliphatic carbocycles. The summed E-state index contributed by atoms with van der Waals surface area (Å²) in [6, 6.07) is 0.646. The minimum absolute atomic E-state index is 0.646. The predicted octanol–water partition coefficient (Wildman–Crippen LogP) is 5.40. The molecule has 2 rings (SSSR count). The molecule has 0 saturated heterocycles. The van der Waals surface area contributed by atoms with Gasteiger partial charge in [0.1, 0.15) is 0 Å². The Labute approximate surface area is 127 Å². The van der Waals surface area contributed by atoms with E-state index < -0.39 is 0 Å². The molecule has 2 fully saturated rings. The van der Waals surface area contributed by atoms with Gasteiger partial charge in [0.05, 0.1) is 0 Å². The van der Waals surface area contributed by atoms with Crippen LogP contribution in [0.3, 0.4) is 0 Å². The van der Waals surface area contributed by atoms with E-state index in [1.54, 1.807) is 0 Å². The van der Waals surface area contributed by atoms with Crippen LogP contribution >= 0.6 is 0 Å². The monoisotopic (exact) mass is 279 g/mol. The predicted molar refractivity (Wildman–Crippen MR) is 88.9 cm³/mol. The fourth-order valence-electron chi connectivity index (χ4n) is 4.92. The van der Waals surface area contributed by atoms with Gasteiger partial charge in [0.25, 0.3) is 0 Å². The topological polar surface area (TPSA) is 12.0 Å². The van der Waals surface area contributed by atoms with Crippen molar-refractivity contribution in [2.45, 2.75) is 91.0 Å². The quantitative estimate of drug-likeness (QED) is 0.665. The zero-order valence-electron chi connectivity index (χ0n) is 14.2. The third-order valence-electron chi connectivity index (χ3n) is 6.05. The summed E-state index contributed by atoms with van der Waals surface area (Å²) in [7, 11) is 0. The molecule has 1 heteroatoms. The summed E-state index contributed by atoms with van der Waals surface area (Å²) in [5.74, 6) is 4.06. The molecule has 2 saturated carbocycles. The summed E-state index contributed by atoms with van der Waals surface area (Å²) in [4.78, 5) is 0. The molecular weight excluding hydrogens is 242 g/mol. The maximum absolute atomic E-state index is 3.74. The van der Waals surface area contributed by atoms with Gasteiger partial charge in [0.15, 0.2) is 0 Å². The van der Waals surface area contributed by atoms with E-state index in [4.69, 9.17) is 0 Å². The molecule has 0 heterocycles. The lowest BCUT2D eigenvalue weighted by molar-refractivity contribution is 0.102. The second-order valence-corrected chi connectivity index (χ2v) is 7.74. The first kappa shape index (κ1) is 16.3. The molecule has 118 valence electrons. The van der Waals surface area contributed by atoms with E-state index in [9.17, 15) is 0 Å². The molecule has 1 nitrogen and oxygen atoms in total. The van der Waals surface area contributed by atoms with Crippen LogP contribution in [-0.4, -0.2) is 12.6 Å². The Bertz CT molecular complexity index is 260. The molecule has 1 N–H and O–H groups in total. The second-order valence-electron chi connectivity index (χ2n) is 7.74. The molecule has 0 bridgehead atoms. The normalized spacial score (nSPS) is 36.0. The Morgan fingerprint density at radius 2 is 1.35 bits per heavy atom. The fraction of sp³-hybridized carbons (Fsp3) is 1.00. The van der Waals surface area contributed by atoms with E-state index in [0.29, 0.717) is 6.04 Å². The highest BCUT2D eigenvalue weighted by Crippen LogP contribution is 2.44. The largest absolute Gasteiger partial charge is 0.314 e. The summed E-state index contributed by atoms with van der Waals surface area (Å²) in [5, 5.41) is 3.74. The highest BCUT2D eigenvalue weighted by Gasteiger charge is 2.35. The zero-order valence-corrected chi connectivity index (χ0v) is 14.2. The third kappa shape index (κ3) is 4.48. The van der Waals surface area contributed by atoms with Crippen molar-refractivity contribution < 1.29 is 0 Å². The van der Waals surface area contributed by atoms with E-state index in [0.717, 1.165) is 23.7 Å². The minimum Gasteiger partial charge on any atom is -0.314 e. The van der Waals surface area contributed by atoms with E-state index in [1.807, 2.05) is 0 Å². The minimum atomic E-state index is 0.646. The fourth-order valence-corrected chi connectivity index (χ4v) is 4.92. The molecule has 0 aromatic heterocycles. The zero-order chi connectivity index (χ0) is 14.4. The van der Waals surface area contributed by atoms with Crippen LogP contribution < -0.4 is 5.32 Å². The van der Waals surface area contributed by atoms with Gasteiger partial charge < -0.3 is 5.32 Å². The van der Waals surface area contributed by atoms with Crippen LogP contribution in [-0.2, 0) is 0 Å². The van der Waals surface area contributed by atoms with E-state index >= 15 is 0 Å². The second kappa shape index (κ2) is 8.41. The molecule has 0 spiro atoms. The molecule has 0 radical (unpaired) electrons. The average molecular weight is 280 g/mol. The summed E-state index contributed by atoms with van der Waals surface area (Å²) < 4.78 is 0. The van der Waals surface area contributed by atoms with Gasteiger partial charge in [-0.25, -0.2) is 0 Å². The Morgan fingerprint density at radius 1 is 0.800 bits per heavy atom. The van der Waals surface area contributed by atoms with Crippen LogP contribution in [0.5, 0.6) is 0 Å². The molecular formula is C19H37N. The molecule has 2 aliphatic rings. The third-order valence-corrected chi connectivity index (χ3v) is 6.05. The van der Waals surface area contributed by atoms with Crippen LogP contribution in [0.25, 0.3) is 0 Å². The van der Waals surface area contributed by atoms with Crippen molar-refractivity contribution in [2.24, 2.45) is 23.7 Å². The van der Waals surface area contributed by atoms with Crippen LogP contribution in [0.1, 0.15) is 85.0 Å². The Balaban J connectivity index is 2.02.